The van der Waals surface area contributed by atoms with Crippen LogP contribution in [-0.4, -0.2) is 47.8 Å². The summed E-state index contributed by atoms with van der Waals surface area (Å²) in [6.45, 7) is 5.54. The molecule has 2 aromatic rings. The van der Waals surface area contributed by atoms with Gasteiger partial charge in [-0.1, -0.05) is 18.2 Å². The zero-order valence-corrected chi connectivity index (χ0v) is 15.0. The molecule has 1 N–H and O–H groups in total. The first-order valence-corrected chi connectivity index (χ1v) is 8.57. The fourth-order valence-electron chi connectivity index (χ4n) is 2.96. The van der Waals surface area contributed by atoms with Crippen LogP contribution in [-0.2, 0) is 0 Å². The number of hydrogen-bond acceptors (Lipinski definition) is 3. The molecule has 0 bridgehead atoms. The molecule has 0 spiro atoms. The lowest BCUT2D eigenvalue weighted by molar-refractivity contribution is 0.0949. The first kappa shape index (κ1) is 16.7. The molecule has 1 aromatic carbocycles. The SMILES string of the molecule is Cc1ccccc1-n1nc(C2CC2)c(C(=O)NCCN(C)C)c1C. The molecule has 0 radical (unpaired) electrons. The molecule has 128 valence electrons. The lowest BCUT2D eigenvalue weighted by Crippen LogP contribution is -2.32. The molecule has 0 unspecified atom stereocenters. The van der Waals surface area contributed by atoms with E-state index in [-0.39, 0.29) is 5.91 Å². The van der Waals surface area contributed by atoms with Crippen LogP contribution in [0.15, 0.2) is 24.3 Å². The molecule has 1 heterocycles. The van der Waals surface area contributed by atoms with E-state index in [4.69, 9.17) is 5.10 Å². The number of aromatic nitrogens is 2. The number of aryl methyl sites for hydroxylation is 1. The number of nitrogens with one attached hydrogen (secondary N) is 1. The van der Waals surface area contributed by atoms with Gasteiger partial charge in [-0.3, -0.25) is 4.79 Å². The maximum absolute atomic E-state index is 12.7. The van der Waals surface area contributed by atoms with Crippen molar-refractivity contribution >= 4 is 5.91 Å². The molecule has 0 atom stereocenters. The van der Waals surface area contributed by atoms with Crippen molar-refractivity contribution in [2.75, 3.05) is 27.2 Å². The normalized spacial score (nSPS) is 14.2. The van der Waals surface area contributed by atoms with Crippen LogP contribution in [0, 0.1) is 13.8 Å². The van der Waals surface area contributed by atoms with E-state index in [1.165, 1.54) is 0 Å². The van der Waals surface area contributed by atoms with E-state index in [2.05, 4.69) is 29.3 Å². The summed E-state index contributed by atoms with van der Waals surface area (Å²) in [5.74, 6) is 0.430. The summed E-state index contributed by atoms with van der Waals surface area (Å²) in [5.41, 5.74) is 4.85. The Labute approximate surface area is 143 Å². The lowest BCUT2D eigenvalue weighted by atomic mass is 10.1. The van der Waals surface area contributed by atoms with Crippen molar-refractivity contribution in [1.29, 1.82) is 0 Å². The quantitative estimate of drug-likeness (QED) is 0.888. The van der Waals surface area contributed by atoms with Crippen molar-refractivity contribution in [3.05, 3.63) is 46.8 Å². The lowest BCUT2D eigenvalue weighted by Gasteiger charge is -2.11. The Morgan fingerprint density at radius 1 is 1.29 bits per heavy atom. The molecule has 5 heteroatoms. The number of carbonyl (C=O) groups is 1. The van der Waals surface area contributed by atoms with E-state index < -0.39 is 0 Å². The maximum Gasteiger partial charge on any atom is 0.255 e. The Morgan fingerprint density at radius 2 is 2.00 bits per heavy atom. The fourth-order valence-corrected chi connectivity index (χ4v) is 2.96. The van der Waals surface area contributed by atoms with Crippen LogP contribution in [0.5, 0.6) is 0 Å². The van der Waals surface area contributed by atoms with E-state index >= 15 is 0 Å². The first-order valence-electron chi connectivity index (χ1n) is 8.57. The first-order chi connectivity index (χ1) is 11.5. The highest BCUT2D eigenvalue weighted by Crippen LogP contribution is 2.42. The topological polar surface area (TPSA) is 50.2 Å². The third-order valence-electron chi connectivity index (χ3n) is 4.52. The number of hydrogen-bond donors (Lipinski definition) is 1. The molecular weight excluding hydrogens is 300 g/mol. The summed E-state index contributed by atoms with van der Waals surface area (Å²) < 4.78 is 1.93. The molecule has 0 aliphatic heterocycles. The maximum atomic E-state index is 12.7. The monoisotopic (exact) mass is 326 g/mol. The molecule has 0 saturated heterocycles. The fraction of sp³-hybridized carbons (Fsp3) is 0.474. The molecule has 5 nitrogen and oxygen atoms in total. The van der Waals surface area contributed by atoms with Gasteiger partial charge in [0.05, 0.1) is 22.6 Å². The third kappa shape index (κ3) is 3.36. The van der Waals surface area contributed by atoms with Crippen LogP contribution in [0.25, 0.3) is 5.69 Å². The number of benzene rings is 1. The number of amides is 1. The van der Waals surface area contributed by atoms with Gasteiger partial charge in [-0.15, -0.1) is 0 Å². The van der Waals surface area contributed by atoms with Crippen LogP contribution < -0.4 is 5.32 Å². The van der Waals surface area contributed by atoms with Crippen LogP contribution >= 0.6 is 0 Å². The van der Waals surface area contributed by atoms with Crippen molar-refractivity contribution in [2.24, 2.45) is 0 Å². The molecule has 1 saturated carbocycles. The Kier molecular flexibility index (Phi) is 4.71. The Morgan fingerprint density at radius 3 is 2.62 bits per heavy atom. The molecule has 1 aliphatic rings. The molecule has 1 fully saturated rings. The highest BCUT2D eigenvalue weighted by Gasteiger charge is 2.33. The van der Waals surface area contributed by atoms with Crippen LogP contribution in [0.3, 0.4) is 0 Å². The van der Waals surface area contributed by atoms with Crippen LogP contribution in [0.1, 0.15) is 46.1 Å². The number of para-hydroxylation sites is 1. The van der Waals surface area contributed by atoms with E-state index in [0.29, 0.717) is 12.5 Å². The average Bonchev–Trinajstić information content (AvgIpc) is 3.31. The third-order valence-corrected chi connectivity index (χ3v) is 4.52. The summed E-state index contributed by atoms with van der Waals surface area (Å²) in [5, 5.41) is 7.85. The van der Waals surface area contributed by atoms with Crippen molar-refractivity contribution in [3.63, 3.8) is 0 Å². The minimum absolute atomic E-state index is 0.00363. The molecular formula is C19H26N4O. The van der Waals surface area contributed by atoms with Gasteiger partial charge in [0.2, 0.25) is 0 Å². The van der Waals surface area contributed by atoms with Crippen LogP contribution in [0.4, 0.5) is 0 Å². The number of nitrogens with zero attached hydrogens (tertiary/aromatic N) is 3. The molecule has 3 rings (SSSR count). The van der Waals surface area contributed by atoms with Gasteiger partial charge in [0.25, 0.3) is 5.91 Å². The minimum Gasteiger partial charge on any atom is -0.351 e. The predicted molar refractivity (Wildman–Crippen MR) is 95.9 cm³/mol. The largest absolute Gasteiger partial charge is 0.351 e. The minimum atomic E-state index is -0.00363. The van der Waals surface area contributed by atoms with Crippen LogP contribution in [0.2, 0.25) is 0 Å². The summed E-state index contributed by atoms with van der Waals surface area (Å²) >= 11 is 0. The van der Waals surface area contributed by atoms with E-state index in [0.717, 1.165) is 47.6 Å². The Bertz CT molecular complexity index is 744. The highest BCUT2D eigenvalue weighted by molar-refractivity contribution is 5.97. The van der Waals surface area contributed by atoms with Crippen molar-refractivity contribution < 1.29 is 4.79 Å². The predicted octanol–water partition coefficient (Wildman–Crippen LogP) is 2.66. The zero-order chi connectivity index (χ0) is 17.3. The Hall–Kier alpha value is -2.14. The standard InChI is InChI=1S/C19H26N4O/c1-13-7-5-6-8-16(13)23-14(2)17(18(21-23)15-9-10-15)19(24)20-11-12-22(3)4/h5-8,15H,9-12H2,1-4H3,(H,20,24). The molecule has 1 aromatic heterocycles. The van der Waals surface area contributed by atoms with Gasteiger partial charge >= 0.3 is 0 Å². The second kappa shape index (κ2) is 6.77. The van der Waals surface area contributed by atoms with E-state index in [1.54, 1.807) is 0 Å². The Balaban J connectivity index is 1.94. The van der Waals surface area contributed by atoms with Gasteiger partial charge in [-0.05, 0) is 52.4 Å². The second-order valence-electron chi connectivity index (χ2n) is 6.88. The zero-order valence-electron chi connectivity index (χ0n) is 15.0. The molecule has 24 heavy (non-hydrogen) atoms. The van der Waals surface area contributed by atoms with Crippen molar-refractivity contribution in [1.82, 2.24) is 20.0 Å². The number of likely N-dealkylation sites (N-methyl/N-ethyl adjacent to an activating group) is 1. The van der Waals surface area contributed by atoms with Gasteiger partial charge in [-0.2, -0.15) is 5.10 Å². The highest BCUT2D eigenvalue weighted by atomic mass is 16.1. The summed E-state index contributed by atoms with van der Waals surface area (Å²) in [4.78, 5) is 14.8. The number of rotatable bonds is 6. The summed E-state index contributed by atoms with van der Waals surface area (Å²) in [6, 6.07) is 8.16. The van der Waals surface area contributed by atoms with Crippen molar-refractivity contribution in [2.45, 2.75) is 32.6 Å². The smallest absolute Gasteiger partial charge is 0.255 e. The van der Waals surface area contributed by atoms with Gasteiger partial charge in [0, 0.05) is 19.0 Å². The van der Waals surface area contributed by atoms with Gasteiger partial charge in [-0.25, -0.2) is 4.68 Å². The van der Waals surface area contributed by atoms with Gasteiger partial charge < -0.3 is 10.2 Å². The second-order valence-corrected chi connectivity index (χ2v) is 6.88. The summed E-state index contributed by atoms with van der Waals surface area (Å²) in [7, 11) is 4.01. The van der Waals surface area contributed by atoms with E-state index in [1.807, 2.05) is 37.8 Å². The van der Waals surface area contributed by atoms with Gasteiger partial charge in [0.15, 0.2) is 0 Å². The average molecular weight is 326 g/mol. The van der Waals surface area contributed by atoms with Crippen molar-refractivity contribution in [3.8, 4) is 5.69 Å². The molecule has 1 amide bonds. The van der Waals surface area contributed by atoms with E-state index in [9.17, 15) is 4.79 Å². The van der Waals surface area contributed by atoms with Gasteiger partial charge in [0.1, 0.15) is 0 Å². The molecule has 1 aliphatic carbocycles. The summed E-state index contributed by atoms with van der Waals surface area (Å²) in [6.07, 6.45) is 2.25. The number of carbonyl (C=O) groups excluding carboxylic acids is 1.